The Bertz CT molecular complexity index is 577. The summed E-state index contributed by atoms with van der Waals surface area (Å²) in [4.78, 5) is 8.37. The minimum Gasteiger partial charge on any atom is -0.437 e. The average molecular weight is 362 g/mol. The lowest BCUT2D eigenvalue weighted by Crippen LogP contribution is -2.09. The minimum absolute atomic E-state index is 0.368. The molecule has 19 heavy (non-hydrogen) atoms. The Labute approximate surface area is 128 Å². The quantitative estimate of drug-likeness (QED) is 0.374. The van der Waals surface area contributed by atoms with Crippen molar-refractivity contribution in [1.29, 1.82) is 0 Å². The van der Waals surface area contributed by atoms with E-state index in [4.69, 9.17) is 22.2 Å². The van der Waals surface area contributed by atoms with Crippen LogP contribution in [0.25, 0.3) is 0 Å². The molecule has 0 atom stereocenters. The van der Waals surface area contributed by atoms with Crippen molar-refractivity contribution in [3.63, 3.8) is 0 Å². The van der Waals surface area contributed by atoms with Gasteiger partial charge >= 0.3 is 0 Å². The Kier molecular flexibility index (Phi) is 4.87. The van der Waals surface area contributed by atoms with Crippen LogP contribution in [0.1, 0.15) is 0 Å². The summed E-state index contributed by atoms with van der Waals surface area (Å²) in [5, 5.41) is 1.05. The van der Waals surface area contributed by atoms with E-state index in [-0.39, 0.29) is 0 Å². The van der Waals surface area contributed by atoms with Gasteiger partial charge in [-0.25, -0.2) is 10.8 Å². The average Bonchev–Trinajstić information content (AvgIpc) is 2.42. The van der Waals surface area contributed by atoms with Crippen molar-refractivity contribution >= 4 is 45.1 Å². The SMILES string of the molecule is CSc1nc(NN)cc(Oc2cc(Br)ccc2Cl)n1. The zero-order valence-corrected chi connectivity index (χ0v) is 13.0. The van der Waals surface area contributed by atoms with E-state index in [1.165, 1.54) is 11.8 Å². The number of nitrogens with zero attached hydrogens (tertiary/aromatic N) is 2. The van der Waals surface area contributed by atoms with Crippen LogP contribution < -0.4 is 16.0 Å². The highest BCUT2D eigenvalue weighted by molar-refractivity contribution is 9.10. The maximum absolute atomic E-state index is 6.06. The van der Waals surface area contributed by atoms with E-state index >= 15 is 0 Å². The molecule has 1 aromatic heterocycles. The Morgan fingerprint density at radius 2 is 2.16 bits per heavy atom. The number of nitrogens with one attached hydrogen (secondary N) is 1. The second kappa shape index (κ2) is 6.42. The maximum Gasteiger partial charge on any atom is 0.225 e. The molecule has 0 aliphatic heterocycles. The van der Waals surface area contributed by atoms with Gasteiger partial charge in [-0.3, -0.25) is 0 Å². The van der Waals surface area contributed by atoms with Crippen molar-refractivity contribution in [1.82, 2.24) is 9.97 Å². The molecule has 0 aliphatic carbocycles. The molecular formula is C11H10BrClN4OS. The van der Waals surface area contributed by atoms with Crippen LogP contribution in [-0.2, 0) is 0 Å². The Hall–Kier alpha value is -1.02. The zero-order chi connectivity index (χ0) is 13.8. The van der Waals surface area contributed by atoms with Gasteiger partial charge in [0.2, 0.25) is 5.88 Å². The molecule has 0 amide bonds. The summed E-state index contributed by atoms with van der Waals surface area (Å²) in [6.07, 6.45) is 1.87. The predicted molar refractivity (Wildman–Crippen MR) is 80.8 cm³/mol. The standard InChI is InChI=1S/C11H10BrClN4OS/c1-19-11-15-9(17-14)5-10(16-11)18-8-4-6(12)2-3-7(8)13/h2-5H,14H2,1H3,(H,15,16,17). The molecule has 8 heteroatoms. The first-order valence-electron chi connectivity index (χ1n) is 5.15. The van der Waals surface area contributed by atoms with E-state index in [1.54, 1.807) is 18.2 Å². The Morgan fingerprint density at radius 3 is 2.84 bits per heavy atom. The highest BCUT2D eigenvalue weighted by atomic mass is 79.9. The second-order valence-electron chi connectivity index (χ2n) is 3.40. The van der Waals surface area contributed by atoms with Gasteiger partial charge < -0.3 is 10.2 Å². The lowest BCUT2D eigenvalue weighted by Gasteiger charge is -2.09. The first-order valence-corrected chi connectivity index (χ1v) is 7.54. The van der Waals surface area contributed by atoms with Crippen LogP contribution in [-0.4, -0.2) is 16.2 Å². The predicted octanol–water partition coefficient (Wildman–Crippen LogP) is 3.69. The second-order valence-corrected chi connectivity index (χ2v) is 5.50. The lowest BCUT2D eigenvalue weighted by molar-refractivity contribution is 0.456. The summed E-state index contributed by atoms with van der Waals surface area (Å²) in [6, 6.07) is 6.92. The summed E-state index contributed by atoms with van der Waals surface area (Å²) in [7, 11) is 0. The fourth-order valence-electron chi connectivity index (χ4n) is 1.29. The van der Waals surface area contributed by atoms with Gasteiger partial charge in [-0.15, -0.1) is 0 Å². The molecule has 0 saturated heterocycles. The Morgan fingerprint density at radius 1 is 1.37 bits per heavy atom. The number of ether oxygens (including phenoxy) is 1. The molecule has 100 valence electrons. The third-order valence-corrected chi connectivity index (χ3v) is 3.47. The molecule has 0 saturated carbocycles. The fourth-order valence-corrected chi connectivity index (χ4v) is 2.16. The topological polar surface area (TPSA) is 73.1 Å². The molecule has 3 N–H and O–H groups in total. The molecule has 0 radical (unpaired) electrons. The number of halogens is 2. The van der Waals surface area contributed by atoms with E-state index in [9.17, 15) is 0 Å². The van der Waals surface area contributed by atoms with Gasteiger partial charge in [0.25, 0.3) is 0 Å². The number of hydrogen-bond donors (Lipinski definition) is 2. The first kappa shape index (κ1) is 14.4. The molecule has 2 aromatic rings. The number of aromatic nitrogens is 2. The lowest BCUT2D eigenvalue weighted by atomic mass is 10.3. The van der Waals surface area contributed by atoms with E-state index in [1.807, 2.05) is 12.3 Å². The summed E-state index contributed by atoms with van der Waals surface area (Å²) < 4.78 is 6.52. The van der Waals surface area contributed by atoms with Crippen molar-refractivity contribution in [2.24, 2.45) is 5.84 Å². The molecule has 0 spiro atoms. The number of hydrogen-bond acceptors (Lipinski definition) is 6. The number of hydrazine groups is 1. The third-order valence-electron chi connectivity index (χ3n) is 2.12. The summed E-state index contributed by atoms with van der Waals surface area (Å²) >= 11 is 10.8. The number of anilines is 1. The van der Waals surface area contributed by atoms with Gasteiger partial charge in [0, 0.05) is 10.5 Å². The monoisotopic (exact) mass is 360 g/mol. The summed E-state index contributed by atoms with van der Waals surface area (Å²) in [5.74, 6) is 6.70. The van der Waals surface area contributed by atoms with E-state index in [2.05, 4.69) is 31.3 Å². The van der Waals surface area contributed by atoms with E-state index in [0.717, 1.165) is 4.47 Å². The number of thioether (sulfide) groups is 1. The number of nitrogens with two attached hydrogens (primary N) is 1. The van der Waals surface area contributed by atoms with Gasteiger partial charge in [-0.1, -0.05) is 39.3 Å². The molecule has 0 unspecified atom stereocenters. The highest BCUT2D eigenvalue weighted by Crippen LogP contribution is 2.32. The van der Waals surface area contributed by atoms with Crippen molar-refractivity contribution in [2.75, 3.05) is 11.7 Å². The van der Waals surface area contributed by atoms with Crippen LogP contribution in [0, 0.1) is 0 Å². The Balaban J connectivity index is 2.34. The highest BCUT2D eigenvalue weighted by Gasteiger charge is 2.08. The van der Waals surface area contributed by atoms with Crippen LogP contribution >= 0.6 is 39.3 Å². The van der Waals surface area contributed by atoms with Gasteiger partial charge in [0.1, 0.15) is 11.6 Å². The minimum atomic E-state index is 0.368. The zero-order valence-electron chi connectivity index (χ0n) is 9.85. The van der Waals surface area contributed by atoms with Gasteiger partial charge in [0.05, 0.1) is 5.02 Å². The van der Waals surface area contributed by atoms with Crippen LogP contribution in [0.2, 0.25) is 5.02 Å². The summed E-state index contributed by atoms with van der Waals surface area (Å²) in [5.41, 5.74) is 2.47. The van der Waals surface area contributed by atoms with E-state index < -0.39 is 0 Å². The largest absolute Gasteiger partial charge is 0.437 e. The molecular weight excluding hydrogens is 352 g/mol. The molecule has 1 aromatic carbocycles. The van der Waals surface area contributed by atoms with Gasteiger partial charge in [-0.2, -0.15) is 4.98 Å². The van der Waals surface area contributed by atoms with E-state index in [0.29, 0.717) is 27.6 Å². The summed E-state index contributed by atoms with van der Waals surface area (Å²) in [6.45, 7) is 0. The molecule has 0 bridgehead atoms. The number of rotatable bonds is 4. The number of benzene rings is 1. The van der Waals surface area contributed by atoms with Crippen LogP contribution in [0.5, 0.6) is 11.6 Å². The normalized spacial score (nSPS) is 10.3. The molecule has 0 aliphatic rings. The number of nitrogen functional groups attached to an aromatic ring is 1. The van der Waals surface area contributed by atoms with Crippen molar-refractivity contribution in [3.05, 3.63) is 33.8 Å². The van der Waals surface area contributed by atoms with Gasteiger partial charge in [-0.05, 0) is 24.5 Å². The molecule has 5 nitrogen and oxygen atoms in total. The van der Waals surface area contributed by atoms with Crippen molar-refractivity contribution < 1.29 is 4.74 Å². The van der Waals surface area contributed by atoms with Gasteiger partial charge in [0.15, 0.2) is 5.16 Å². The third kappa shape index (κ3) is 3.73. The molecule has 1 heterocycles. The van der Waals surface area contributed by atoms with Crippen molar-refractivity contribution in [2.45, 2.75) is 5.16 Å². The van der Waals surface area contributed by atoms with Crippen LogP contribution in [0.3, 0.4) is 0 Å². The maximum atomic E-state index is 6.06. The van der Waals surface area contributed by atoms with Crippen molar-refractivity contribution in [3.8, 4) is 11.6 Å². The smallest absolute Gasteiger partial charge is 0.225 e. The van der Waals surface area contributed by atoms with Crippen LogP contribution in [0.15, 0.2) is 33.9 Å². The fraction of sp³-hybridized carbons (Fsp3) is 0.0909. The first-order chi connectivity index (χ1) is 9.12. The molecule has 0 fully saturated rings. The van der Waals surface area contributed by atoms with Crippen LogP contribution in [0.4, 0.5) is 5.82 Å². The molecule has 2 rings (SSSR count).